The van der Waals surface area contributed by atoms with Crippen LogP contribution in [-0.4, -0.2) is 19.1 Å². The van der Waals surface area contributed by atoms with Gasteiger partial charge in [-0.15, -0.1) is 0 Å². The summed E-state index contributed by atoms with van der Waals surface area (Å²) in [4.78, 5) is 6.60. The standard InChI is InChI=1S/C15H17N3/c1-4-11-5-6-14-13(9-11)10-12(7-8-16)15(17-14)18(2)3/h5-6,9-10H,4,7H2,1-3H3. The van der Waals surface area contributed by atoms with Gasteiger partial charge in [-0.25, -0.2) is 4.98 Å². The fourth-order valence-electron chi connectivity index (χ4n) is 2.08. The van der Waals surface area contributed by atoms with Crippen LogP contribution >= 0.6 is 0 Å². The highest BCUT2D eigenvalue weighted by atomic mass is 15.1. The van der Waals surface area contributed by atoms with Gasteiger partial charge in [0, 0.05) is 25.0 Å². The zero-order chi connectivity index (χ0) is 13.1. The molecule has 0 radical (unpaired) electrons. The number of hydrogen-bond donors (Lipinski definition) is 0. The van der Waals surface area contributed by atoms with Gasteiger partial charge in [-0.05, 0) is 30.2 Å². The van der Waals surface area contributed by atoms with Crippen molar-refractivity contribution in [1.29, 1.82) is 5.26 Å². The van der Waals surface area contributed by atoms with E-state index < -0.39 is 0 Å². The zero-order valence-corrected chi connectivity index (χ0v) is 11.1. The molecule has 0 saturated carbocycles. The highest BCUT2D eigenvalue weighted by molar-refractivity contribution is 5.82. The summed E-state index contributed by atoms with van der Waals surface area (Å²) < 4.78 is 0. The molecule has 0 bridgehead atoms. The smallest absolute Gasteiger partial charge is 0.133 e. The van der Waals surface area contributed by atoms with Crippen molar-refractivity contribution in [3.05, 3.63) is 35.4 Å². The molecule has 0 spiro atoms. The molecule has 1 aromatic carbocycles. The molecule has 3 heteroatoms. The number of nitrogens with zero attached hydrogens (tertiary/aromatic N) is 3. The first-order chi connectivity index (χ1) is 8.65. The summed E-state index contributed by atoms with van der Waals surface area (Å²) >= 11 is 0. The minimum absolute atomic E-state index is 0.396. The van der Waals surface area contributed by atoms with Crippen molar-refractivity contribution >= 4 is 16.7 Å². The van der Waals surface area contributed by atoms with Crippen LogP contribution in [0.2, 0.25) is 0 Å². The summed E-state index contributed by atoms with van der Waals surface area (Å²) in [6.07, 6.45) is 1.41. The molecule has 0 aliphatic rings. The fourth-order valence-corrected chi connectivity index (χ4v) is 2.08. The molecule has 1 aromatic heterocycles. The normalized spacial score (nSPS) is 10.3. The second-order valence-corrected chi connectivity index (χ2v) is 4.58. The number of aryl methyl sites for hydroxylation is 1. The second-order valence-electron chi connectivity index (χ2n) is 4.58. The first-order valence-electron chi connectivity index (χ1n) is 6.12. The van der Waals surface area contributed by atoms with Gasteiger partial charge in [0.25, 0.3) is 0 Å². The molecule has 0 unspecified atom stereocenters. The quantitative estimate of drug-likeness (QED) is 0.826. The molecule has 0 aliphatic heterocycles. The first kappa shape index (κ1) is 12.4. The third-order valence-electron chi connectivity index (χ3n) is 3.04. The molecule has 0 saturated heterocycles. The van der Waals surface area contributed by atoms with Gasteiger partial charge in [0.15, 0.2) is 0 Å². The molecule has 3 nitrogen and oxygen atoms in total. The van der Waals surface area contributed by atoms with Crippen molar-refractivity contribution in [3.63, 3.8) is 0 Å². The molecule has 0 fully saturated rings. The Morgan fingerprint density at radius 3 is 2.67 bits per heavy atom. The van der Waals surface area contributed by atoms with E-state index in [4.69, 9.17) is 5.26 Å². The average molecular weight is 239 g/mol. The van der Waals surface area contributed by atoms with Crippen LogP contribution in [0.1, 0.15) is 18.1 Å². The minimum atomic E-state index is 0.396. The molecule has 18 heavy (non-hydrogen) atoms. The number of fused-ring (bicyclic) bond motifs is 1. The molecule has 0 amide bonds. The molecule has 1 heterocycles. The number of benzene rings is 1. The summed E-state index contributed by atoms with van der Waals surface area (Å²) in [6, 6.07) is 10.6. The Kier molecular flexibility index (Phi) is 3.47. The molecular formula is C15H17N3. The molecule has 0 N–H and O–H groups in total. The predicted octanol–water partition coefficient (Wildman–Crippen LogP) is 2.93. The van der Waals surface area contributed by atoms with Crippen molar-refractivity contribution < 1.29 is 0 Å². The van der Waals surface area contributed by atoms with Gasteiger partial charge in [0.05, 0.1) is 18.0 Å². The van der Waals surface area contributed by atoms with Crippen LogP contribution in [0, 0.1) is 11.3 Å². The number of hydrogen-bond acceptors (Lipinski definition) is 3. The van der Waals surface area contributed by atoms with E-state index in [1.54, 1.807) is 0 Å². The summed E-state index contributed by atoms with van der Waals surface area (Å²) in [5.74, 6) is 0.883. The molecule has 92 valence electrons. The lowest BCUT2D eigenvalue weighted by Gasteiger charge is -2.16. The van der Waals surface area contributed by atoms with Gasteiger partial charge in [-0.3, -0.25) is 0 Å². The van der Waals surface area contributed by atoms with E-state index in [2.05, 4.69) is 42.2 Å². The Bertz CT molecular complexity index is 609. The Labute approximate surface area is 108 Å². The van der Waals surface area contributed by atoms with E-state index >= 15 is 0 Å². The van der Waals surface area contributed by atoms with E-state index in [0.717, 1.165) is 28.7 Å². The van der Waals surface area contributed by atoms with E-state index in [1.807, 2.05) is 19.0 Å². The maximum absolute atomic E-state index is 8.90. The van der Waals surface area contributed by atoms with Crippen LogP contribution in [0.15, 0.2) is 24.3 Å². The van der Waals surface area contributed by atoms with E-state index in [-0.39, 0.29) is 0 Å². The van der Waals surface area contributed by atoms with Gasteiger partial charge >= 0.3 is 0 Å². The number of pyridine rings is 1. The largest absolute Gasteiger partial charge is 0.362 e. The lowest BCUT2D eigenvalue weighted by atomic mass is 10.1. The van der Waals surface area contributed by atoms with Crippen LogP contribution in [0.25, 0.3) is 10.9 Å². The first-order valence-corrected chi connectivity index (χ1v) is 6.12. The van der Waals surface area contributed by atoms with Crippen LogP contribution in [0.5, 0.6) is 0 Å². The van der Waals surface area contributed by atoms with Crippen LogP contribution < -0.4 is 4.90 Å². The fraction of sp³-hybridized carbons (Fsp3) is 0.333. The monoisotopic (exact) mass is 239 g/mol. The third-order valence-corrected chi connectivity index (χ3v) is 3.04. The number of rotatable bonds is 3. The number of anilines is 1. The zero-order valence-electron chi connectivity index (χ0n) is 11.1. The summed E-state index contributed by atoms with van der Waals surface area (Å²) in [6.45, 7) is 2.14. The third kappa shape index (κ3) is 2.28. The molecule has 0 aliphatic carbocycles. The van der Waals surface area contributed by atoms with Crippen LogP contribution in [0.3, 0.4) is 0 Å². The molecule has 2 rings (SSSR count). The lowest BCUT2D eigenvalue weighted by molar-refractivity contribution is 1.05. The van der Waals surface area contributed by atoms with E-state index in [9.17, 15) is 0 Å². The highest BCUT2D eigenvalue weighted by Crippen LogP contribution is 2.23. The van der Waals surface area contributed by atoms with Crippen LogP contribution in [-0.2, 0) is 12.8 Å². The van der Waals surface area contributed by atoms with Gasteiger partial charge < -0.3 is 4.90 Å². The van der Waals surface area contributed by atoms with Crippen molar-refractivity contribution in [1.82, 2.24) is 4.98 Å². The molecule has 2 aromatic rings. The SMILES string of the molecule is CCc1ccc2nc(N(C)C)c(CC#N)cc2c1. The average Bonchev–Trinajstić information content (AvgIpc) is 2.37. The van der Waals surface area contributed by atoms with Crippen molar-refractivity contribution in [2.24, 2.45) is 0 Å². The highest BCUT2D eigenvalue weighted by Gasteiger charge is 2.08. The van der Waals surface area contributed by atoms with Gasteiger partial charge in [0.2, 0.25) is 0 Å². The minimum Gasteiger partial charge on any atom is -0.362 e. The van der Waals surface area contributed by atoms with Crippen molar-refractivity contribution in [2.75, 3.05) is 19.0 Å². The maximum Gasteiger partial charge on any atom is 0.133 e. The van der Waals surface area contributed by atoms with Gasteiger partial charge in [-0.1, -0.05) is 13.0 Å². The summed E-state index contributed by atoms with van der Waals surface area (Å²) in [5, 5.41) is 10.0. The second kappa shape index (κ2) is 5.05. The van der Waals surface area contributed by atoms with E-state index in [0.29, 0.717) is 6.42 Å². The Hall–Kier alpha value is -2.08. The Morgan fingerprint density at radius 1 is 1.28 bits per heavy atom. The van der Waals surface area contributed by atoms with Crippen molar-refractivity contribution in [3.8, 4) is 6.07 Å². The maximum atomic E-state index is 8.90. The number of aromatic nitrogens is 1. The Morgan fingerprint density at radius 2 is 2.06 bits per heavy atom. The topological polar surface area (TPSA) is 39.9 Å². The summed E-state index contributed by atoms with van der Waals surface area (Å²) in [5.41, 5.74) is 3.27. The predicted molar refractivity (Wildman–Crippen MR) is 74.8 cm³/mol. The van der Waals surface area contributed by atoms with Crippen LogP contribution in [0.4, 0.5) is 5.82 Å². The lowest BCUT2D eigenvalue weighted by Crippen LogP contribution is -2.13. The van der Waals surface area contributed by atoms with Gasteiger partial charge in [0.1, 0.15) is 5.82 Å². The molecule has 0 atom stereocenters. The van der Waals surface area contributed by atoms with E-state index in [1.165, 1.54) is 5.56 Å². The Balaban J connectivity index is 2.64. The van der Waals surface area contributed by atoms with Crippen molar-refractivity contribution in [2.45, 2.75) is 19.8 Å². The molecular weight excluding hydrogens is 222 g/mol. The summed E-state index contributed by atoms with van der Waals surface area (Å²) in [7, 11) is 3.91. The van der Waals surface area contributed by atoms with Gasteiger partial charge in [-0.2, -0.15) is 5.26 Å². The number of nitriles is 1.